The first-order valence-corrected chi connectivity index (χ1v) is 12.6. The zero-order valence-corrected chi connectivity index (χ0v) is 21.7. The lowest BCUT2D eigenvalue weighted by Gasteiger charge is -2.25. The van der Waals surface area contributed by atoms with Gasteiger partial charge in [-0.05, 0) is 49.6 Å². The quantitative estimate of drug-likeness (QED) is 0.310. The van der Waals surface area contributed by atoms with Crippen molar-refractivity contribution in [1.29, 1.82) is 0 Å². The third-order valence-corrected chi connectivity index (χ3v) is 6.55. The van der Waals surface area contributed by atoms with Gasteiger partial charge in [0.1, 0.15) is 5.75 Å². The molecule has 3 aromatic heterocycles. The molecule has 1 amide bonds. The van der Waals surface area contributed by atoms with Crippen molar-refractivity contribution in [3.8, 4) is 23.0 Å². The minimum atomic E-state index is -0.595. The molecular weight excluding hydrogens is 490 g/mol. The number of aromatic amines is 1. The molecule has 0 fully saturated rings. The molecule has 0 aliphatic carbocycles. The highest BCUT2D eigenvalue weighted by molar-refractivity contribution is 6.33. The molecule has 1 aliphatic heterocycles. The van der Waals surface area contributed by atoms with E-state index in [-0.39, 0.29) is 11.9 Å². The second-order valence-electron chi connectivity index (χ2n) is 9.37. The molecule has 0 atom stereocenters. The van der Waals surface area contributed by atoms with Gasteiger partial charge < -0.3 is 19.8 Å². The molecule has 0 spiro atoms. The van der Waals surface area contributed by atoms with E-state index in [1.54, 1.807) is 18.3 Å². The summed E-state index contributed by atoms with van der Waals surface area (Å²) in [4.78, 5) is 28.6. The number of H-pyrrole nitrogens is 1. The highest BCUT2D eigenvalue weighted by Gasteiger charge is 2.24. The second kappa shape index (κ2) is 10.3. The van der Waals surface area contributed by atoms with Crippen LogP contribution >= 0.6 is 11.6 Å². The van der Waals surface area contributed by atoms with Gasteiger partial charge in [-0.15, -0.1) is 0 Å². The summed E-state index contributed by atoms with van der Waals surface area (Å²) in [6.07, 6.45) is 5.04. The number of fused-ring (bicyclic) bond motifs is 1. The molecule has 1 aliphatic rings. The van der Waals surface area contributed by atoms with Gasteiger partial charge in [-0.25, -0.2) is 4.98 Å². The van der Waals surface area contributed by atoms with Gasteiger partial charge in [0.05, 0.1) is 46.9 Å². The standard InChI is InChI=1S/C28H28ClN5O3/c1-4-24(35)34-28(2,3)23-10-9-20(16-30-23)37-27-31-22-15-21(29)25(32-26(22)33-27)19-7-5-17(6-8-19)18-11-13-36-14-12-18/h5-11,15-16H,4,12-14H2,1-3H3,(H,34,35)(H,31,32,33). The van der Waals surface area contributed by atoms with Crippen LogP contribution in [0.1, 0.15) is 44.9 Å². The number of nitrogens with zero attached hydrogens (tertiary/aromatic N) is 3. The lowest BCUT2D eigenvalue weighted by atomic mass is 9.99. The molecule has 2 N–H and O–H groups in total. The third kappa shape index (κ3) is 5.50. The maximum atomic E-state index is 11.8. The predicted molar refractivity (Wildman–Crippen MR) is 144 cm³/mol. The number of halogens is 1. The van der Waals surface area contributed by atoms with Crippen LogP contribution in [0.25, 0.3) is 28.0 Å². The van der Waals surface area contributed by atoms with Gasteiger partial charge in [-0.2, -0.15) is 4.98 Å². The van der Waals surface area contributed by atoms with Gasteiger partial charge in [0.15, 0.2) is 5.65 Å². The van der Waals surface area contributed by atoms with Crippen molar-refractivity contribution < 1.29 is 14.3 Å². The molecule has 8 nitrogen and oxygen atoms in total. The van der Waals surface area contributed by atoms with Crippen molar-refractivity contribution in [3.05, 3.63) is 71.0 Å². The van der Waals surface area contributed by atoms with Crippen LogP contribution in [0, 0.1) is 0 Å². The Morgan fingerprint density at radius 1 is 1.16 bits per heavy atom. The number of ether oxygens (including phenoxy) is 2. The zero-order chi connectivity index (χ0) is 26.0. The average Bonchev–Trinajstić information content (AvgIpc) is 3.29. The minimum absolute atomic E-state index is 0.0346. The van der Waals surface area contributed by atoms with Crippen LogP contribution in [0.3, 0.4) is 0 Å². The number of nitrogens with one attached hydrogen (secondary N) is 2. The molecule has 1 aromatic carbocycles. The van der Waals surface area contributed by atoms with E-state index in [1.165, 1.54) is 11.1 Å². The first-order valence-electron chi connectivity index (χ1n) is 12.2. The van der Waals surface area contributed by atoms with Crippen LogP contribution in [0.15, 0.2) is 54.7 Å². The minimum Gasteiger partial charge on any atom is -0.424 e. The number of benzene rings is 1. The number of hydrogen-bond acceptors (Lipinski definition) is 6. The monoisotopic (exact) mass is 517 g/mol. The van der Waals surface area contributed by atoms with Gasteiger partial charge in [-0.1, -0.05) is 48.9 Å². The topological polar surface area (TPSA) is 102 Å². The van der Waals surface area contributed by atoms with Gasteiger partial charge >= 0.3 is 6.01 Å². The normalized spacial score (nSPS) is 13.9. The van der Waals surface area contributed by atoms with E-state index in [4.69, 9.17) is 21.1 Å². The number of pyridine rings is 2. The number of rotatable bonds is 7. The first kappa shape index (κ1) is 24.9. The van der Waals surface area contributed by atoms with E-state index < -0.39 is 5.54 Å². The number of aromatic nitrogens is 4. The zero-order valence-electron chi connectivity index (χ0n) is 21.0. The summed E-state index contributed by atoms with van der Waals surface area (Å²) in [5.41, 5.74) is 5.33. The highest BCUT2D eigenvalue weighted by atomic mass is 35.5. The summed E-state index contributed by atoms with van der Waals surface area (Å²) in [5, 5.41) is 3.48. The van der Waals surface area contributed by atoms with E-state index in [2.05, 4.69) is 43.5 Å². The molecule has 9 heteroatoms. The Kier molecular flexibility index (Phi) is 6.95. The molecule has 0 saturated carbocycles. The molecule has 190 valence electrons. The number of hydrogen-bond donors (Lipinski definition) is 2. The Hall–Kier alpha value is -3.75. The van der Waals surface area contributed by atoms with Crippen LogP contribution in [-0.2, 0) is 15.1 Å². The number of carbonyl (C=O) groups is 1. The van der Waals surface area contributed by atoms with Gasteiger partial charge in [-0.3, -0.25) is 9.78 Å². The average molecular weight is 518 g/mol. The molecular formula is C28H28ClN5O3. The molecule has 37 heavy (non-hydrogen) atoms. The number of amides is 1. The molecule has 5 rings (SSSR count). The largest absolute Gasteiger partial charge is 0.424 e. The van der Waals surface area contributed by atoms with Crippen LogP contribution < -0.4 is 10.1 Å². The van der Waals surface area contributed by atoms with Crippen molar-refractivity contribution in [3.63, 3.8) is 0 Å². The summed E-state index contributed by atoms with van der Waals surface area (Å²) in [6.45, 7) is 7.03. The molecule has 0 saturated heterocycles. The summed E-state index contributed by atoms with van der Waals surface area (Å²) >= 11 is 6.58. The van der Waals surface area contributed by atoms with Gasteiger partial charge in [0.25, 0.3) is 0 Å². The van der Waals surface area contributed by atoms with Crippen molar-refractivity contribution in [2.75, 3.05) is 13.2 Å². The van der Waals surface area contributed by atoms with E-state index in [1.807, 2.05) is 39.0 Å². The Labute approximate surface area is 220 Å². The van der Waals surface area contributed by atoms with Crippen molar-refractivity contribution in [2.24, 2.45) is 0 Å². The smallest absolute Gasteiger partial charge is 0.301 e. The maximum Gasteiger partial charge on any atom is 0.301 e. The van der Waals surface area contributed by atoms with E-state index in [9.17, 15) is 4.79 Å². The Morgan fingerprint density at radius 2 is 1.95 bits per heavy atom. The fourth-order valence-electron chi connectivity index (χ4n) is 4.20. The molecule has 0 unspecified atom stereocenters. The fourth-order valence-corrected chi connectivity index (χ4v) is 4.46. The van der Waals surface area contributed by atoms with Gasteiger partial charge in [0.2, 0.25) is 5.91 Å². The fraction of sp³-hybridized carbons (Fsp3) is 0.286. The van der Waals surface area contributed by atoms with Crippen LogP contribution in [-0.4, -0.2) is 39.1 Å². The lowest BCUT2D eigenvalue weighted by Crippen LogP contribution is -2.41. The molecule has 0 radical (unpaired) electrons. The van der Waals surface area contributed by atoms with Crippen LogP contribution in [0.2, 0.25) is 5.02 Å². The molecule has 0 bridgehead atoms. The number of carbonyl (C=O) groups excluding carboxylic acids is 1. The van der Waals surface area contributed by atoms with Crippen LogP contribution in [0.4, 0.5) is 0 Å². The molecule has 4 heterocycles. The van der Waals surface area contributed by atoms with E-state index in [0.29, 0.717) is 40.7 Å². The summed E-state index contributed by atoms with van der Waals surface area (Å²) in [5.74, 6) is 0.470. The summed E-state index contributed by atoms with van der Waals surface area (Å²) < 4.78 is 11.3. The molecule has 4 aromatic rings. The Morgan fingerprint density at radius 3 is 2.62 bits per heavy atom. The van der Waals surface area contributed by atoms with Crippen molar-refractivity contribution >= 4 is 34.2 Å². The van der Waals surface area contributed by atoms with Gasteiger partial charge in [0, 0.05) is 12.0 Å². The van der Waals surface area contributed by atoms with E-state index >= 15 is 0 Å². The first-order chi connectivity index (χ1) is 17.8. The Bertz CT molecular complexity index is 1460. The maximum absolute atomic E-state index is 11.8. The van der Waals surface area contributed by atoms with E-state index in [0.717, 1.165) is 24.3 Å². The Balaban J connectivity index is 1.34. The predicted octanol–water partition coefficient (Wildman–Crippen LogP) is 6.03. The lowest BCUT2D eigenvalue weighted by molar-refractivity contribution is -0.122. The van der Waals surface area contributed by atoms with Crippen molar-refractivity contribution in [2.45, 2.75) is 39.2 Å². The SMILES string of the molecule is CCC(=O)NC(C)(C)c1ccc(Oc2nc3nc(-c4ccc(C5=CCOCC5)cc4)c(Cl)cc3[nH]2)cn1. The summed E-state index contributed by atoms with van der Waals surface area (Å²) in [7, 11) is 0. The van der Waals surface area contributed by atoms with Crippen molar-refractivity contribution in [1.82, 2.24) is 25.3 Å². The highest BCUT2D eigenvalue weighted by Crippen LogP contribution is 2.32. The second-order valence-corrected chi connectivity index (χ2v) is 9.78. The van der Waals surface area contributed by atoms with Crippen LogP contribution in [0.5, 0.6) is 11.8 Å². The number of imidazole rings is 1. The third-order valence-electron chi connectivity index (χ3n) is 6.26. The summed E-state index contributed by atoms with van der Waals surface area (Å²) in [6, 6.07) is 13.9.